The van der Waals surface area contributed by atoms with Crippen molar-refractivity contribution in [2.45, 2.75) is 83.7 Å². The first kappa shape index (κ1) is 31.6. The molecule has 2 bridgehead atoms. The Labute approximate surface area is 269 Å². The third kappa shape index (κ3) is 6.11. The number of halogens is 1. The predicted molar refractivity (Wildman–Crippen MR) is 181 cm³/mol. The van der Waals surface area contributed by atoms with Gasteiger partial charge in [-0.1, -0.05) is 37.3 Å². The molecule has 3 aliphatic rings. The van der Waals surface area contributed by atoms with Crippen molar-refractivity contribution < 1.29 is 14.3 Å². The van der Waals surface area contributed by atoms with Crippen LogP contribution in [0.15, 0.2) is 29.3 Å². The third-order valence-corrected chi connectivity index (χ3v) is 10.9. The van der Waals surface area contributed by atoms with Crippen LogP contribution in [0.1, 0.15) is 33.6 Å². The molecule has 0 radical (unpaired) electrons. The lowest BCUT2D eigenvalue weighted by atomic mass is 9.91. The van der Waals surface area contributed by atoms with Crippen molar-refractivity contribution in [3.05, 3.63) is 39.9 Å². The molecule has 13 heteroatoms. The van der Waals surface area contributed by atoms with E-state index in [0.29, 0.717) is 47.3 Å². The van der Waals surface area contributed by atoms with Gasteiger partial charge in [0.15, 0.2) is 5.65 Å². The van der Waals surface area contributed by atoms with Gasteiger partial charge in [0.1, 0.15) is 12.3 Å². The molecule has 0 aliphatic carbocycles. The number of amides is 1. The molecule has 242 valence electrons. The molecule has 2 atom stereocenters. The quantitative estimate of drug-likeness (QED) is 0.182. The first-order valence-corrected chi connectivity index (χ1v) is 19.8. The number of fused-ring (bicyclic) bond motifs is 5. The van der Waals surface area contributed by atoms with Gasteiger partial charge in [-0.2, -0.15) is 10.1 Å². The number of hydrogen-bond acceptors (Lipinski definition) is 7. The van der Waals surface area contributed by atoms with Gasteiger partial charge in [0.05, 0.1) is 22.0 Å². The van der Waals surface area contributed by atoms with E-state index >= 15 is 0 Å². The smallest absolute Gasteiger partial charge is 0.410 e. The van der Waals surface area contributed by atoms with Crippen LogP contribution in [0.25, 0.3) is 33.1 Å². The molecule has 3 saturated heterocycles. The van der Waals surface area contributed by atoms with Crippen LogP contribution in [0.3, 0.4) is 0 Å². The predicted octanol–water partition coefficient (Wildman–Crippen LogP) is 5.84. The maximum atomic E-state index is 14.3. The molecule has 4 aromatic rings. The van der Waals surface area contributed by atoms with Gasteiger partial charge in [-0.05, 0) is 45.7 Å². The minimum atomic E-state index is -1.28. The Bertz CT molecular complexity index is 1830. The minimum absolute atomic E-state index is 0.0188. The zero-order chi connectivity index (χ0) is 32.4. The van der Waals surface area contributed by atoms with E-state index in [2.05, 4.69) is 29.6 Å². The number of carbonyl (C=O) groups excluding carboxylic acids is 1. The summed E-state index contributed by atoms with van der Waals surface area (Å²) in [6, 6.07) is 4.89. The van der Waals surface area contributed by atoms with Crippen LogP contribution in [0.2, 0.25) is 30.7 Å². The van der Waals surface area contributed by atoms with E-state index in [1.165, 1.54) is 0 Å². The standard InChI is InChI=1S/C32H44ClN7O4Si/c1-32(2,3)44-31(42)40-16-20-9-10-21(40)15-39(20)30-34-28-26(29(41)37(30)5)23(18-38(28)19-43-13-14-45(6,7)8)22-11-12-25-24(27(22)33)17-36(4)35-25/h11-12,17-18,20-21H,9-10,13-16,19H2,1-8H3. The van der Waals surface area contributed by atoms with Crippen molar-refractivity contribution in [3.63, 3.8) is 0 Å². The number of ether oxygens (including phenoxy) is 2. The molecule has 3 aromatic heterocycles. The lowest BCUT2D eigenvalue weighted by Crippen LogP contribution is -2.65. The summed E-state index contributed by atoms with van der Waals surface area (Å²) in [5, 5.41) is 6.35. The first-order valence-electron chi connectivity index (χ1n) is 15.7. The fourth-order valence-corrected chi connectivity index (χ4v) is 7.48. The van der Waals surface area contributed by atoms with Crippen LogP contribution in [0.5, 0.6) is 0 Å². The zero-order valence-corrected chi connectivity index (χ0v) is 29.3. The summed E-state index contributed by atoms with van der Waals surface area (Å²) in [4.78, 5) is 36.5. The second kappa shape index (κ2) is 11.5. The summed E-state index contributed by atoms with van der Waals surface area (Å²) in [6.45, 7) is 14.6. The van der Waals surface area contributed by atoms with Gasteiger partial charge in [0, 0.05) is 76.8 Å². The molecule has 0 N–H and O–H groups in total. The van der Waals surface area contributed by atoms with Gasteiger partial charge in [0.2, 0.25) is 5.95 Å². The monoisotopic (exact) mass is 653 g/mol. The van der Waals surface area contributed by atoms with Gasteiger partial charge in [-0.3, -0.25) is 14.0 Å². The van der Waals surface area contributed by atoms with Crippen LogP contribution >= 0.6 is 11.6 Å². The molecule has 0 spiro atoms. The maximum absolute atomic E-state index is 14.3. The zero-order valence-electron chi connectivity index (χ0n) is 27.6. The Morgan fingerprint density at radius 1 is 1.07 bits per heavy atom. The molecule has 1 amide bonds. The van der Waals surface area contributed by atoms with E-state index < -0.39 is 13.7 Å². The van der Waals surface area contributed by atoms with Gasteiger partial charge in [-0.25, -0.2) is 4.79 Å². The van der Waals surface area contributed by atoms with Crippen molar-refractivity contribution in [2.24, 2.45) is 14.1 Å². The topological polar surface area (TPSA) is 99.6 Å². The number of carbonyl (C=O) groups is 1. The second-order valence-electron chi connectivity index (χ2n) is 14.7. The highest BCUT2D eigenvalue weighted by Crippen LogP contribution is 2.39. The number of nitrogens with zero attached hydrogens (tertiary/aromatic N) is 7. The normalized spacial score (nSPS) is 18.9. The molecule has 45 heavy (non-hydrogen) atoms. The Kier molecular flexibility index (Phi) is 8.06. The number of benzene rings is 1. The number of aryl methyl sites for hydroxylation is 1. The van der Waals surface area contributed by atoms with Crippen molar-refractivity contribution in [3.8, 4) is 11.1 Å². The number of anilines is 1. The number of aromatic nitrogens is 5. The number of rotatable bonds is 7. The Hall–Kier alpha value is -3.35. The highest BCUT2D eigenvalue weighted by molar-refractivity contribution is 6.76. The maximum Gasteiger partial charge on any atom is 0.410 e. The van der Waals surface area contributed by atoms with E-state index in [0.717, 1.165) is 35.4 Å². The molecule has 11 nitrogen and oxygen atoms in total. The molecule has 7 rings (SSSR count). The molecule has 3 aliphatic heterocycles. The average molecular weight is 654 g/mol. The number of hydrogen-bond donors (Lipinski definition) is 0. The number of piperidine rings is 2. The Morgan fingerprint density at radius 2 is 1.80 bits per heavy atom. The molecule has 2 unspecified atom stereocenters. The molecule has 0 saturated carbocycles. The lowest BCUT2D eigenvalue weighted by molar-refractivity contribution is 0.000592. The largest absolute Gasteiger partial charge is 0.444 e. The van der Waals surface area contributed by atoms with Crippen LogP contribution in [0.4, 0.5) is 10.7 Å². The van der Waals surface area contributed by atoms with Gasteiger partial charge >= 0.3 is 6.09 Å². The molecule has 6 heterocycles. The molecular weight excluding hydrogens is 610 g/mol. The average Bonchev–Trinajstić information content (AvgIpc) is 3.52. The van der Waals surface area contributed by atoms with Crippen LogP contribution in [-0.4, -0.2) is 80.3 Å². The summed E-state index contributed by atoms with van der Waals surface area (Å²) in [7, 11) is 2.35. The highest BCUT2D eigenvalue weighted by atomic mass is 35.5. The summed E-state index contributed by atoms with van der Waals surface area (Å²) < 4.78 is 17.2. The second-order valence-corrected chi connectivity index (χ2v) is 20.7. The Morgan fingerprint density at radius 3 is 2.47 bits per heavy atom. The van der Waals surface area contributed by atoms with Crippen LogP contribution in [-0.2, 0) is 30.3 Å². The van der Waals surface area contributed by atoms with Gasteiger partial charge in [-0.15, -0.1) is 0 Å². The van der Waals surface area contributed by atoms with Crippen LogP contribution in [0, 0.1) is 0 Å². The fourth-order valence-electron chi connectivity index (χ4n) is 6.41. The summed E-state index contributed by atoms with van der Waals surface area (Å²) in [5.41, 5.74) is 2.10. The SMILES string of the molecule is Cn1cc2c(Cl)c(-c3cn(COCC[Si](C)(C)C)c4nc(N5CC6CCC5CN6C(=O)OC(C)(C)C)n(C)c(=O)c34)ccc2n1. The summed E-state index contributed by atoms with van der Waals surface area (Å²) >= 11 is 6.97. The van der Waals surface area contributed by atoms with E-state index in [-0.39, 0.29) is 30.5 Å². The molecule has 1 aromatic carbocycles. The van der Waals surface area contributed by atoms with Crippen molar-refractivity contribution >= 4 is 53.7 Å². The van der Waals surface area contributed by atoms with E-state index in [4.69, 9.17) is 26.1 Å². The molecular formula is C32H44ClN7O4Si. The fraction of sp³-hybridized carbons (Fsp3) is 0.562. The van der Waals surface area contributed by atoms with E-state index in [9.17, 15) is 9.59 Å². The first-order chi connectivity index (χ1) is 21.1. The van der Waals surface area contributed by atoms with Crippen LogP contribution < -0.4 is 10.5 Å². The minimum Gasteiger partial charge on any atom is -0.444 e. The van der Waals surface area contributed by atoms with Crippen molar-refractivity contribution in [1.29, 1.82) is 0 Å². The summed E-state index contributed by atoms with van der Waals surface area (Å²) in [6.07, 6.45) is 5.33. The highest BCUT2D eigenvalue weighted by Gasteiger charge is 2.44. The van der Waals surface area contributed by atoms with E-state index in [1.807, 2.05) is 61.8 Å². The van der Waals surface area contributed by atoms with Gasteiger partial charge in [0.25, 0.3) is 5.56 Å². The number of piperazine rings is 1. The summed E-state index contributed by atoms with van der Waals surface area (Å²) in [5.74, 6) is 0.591. The third-order valence-electron chi connectivity index (χ3n) is 8.74. The van der Waals surface area contributed by atoms with Crippen molar-refractivity contribution in [2.75, 3.05) is 24.6 Å². The Balaban J connectivity index is 1.41. The molecule has 3 fully saturated rings. The van der Waals surface area contributed by atoms with E-state index in [1.54, 1.807) is 16.3 Å². The lowest BCUT2D eigenvalue weighted by Gasteiger charge is -2.51. The van der Waals surface area contributed by atoms with Gasteiger partial charge < -0.3 is 23.8 Å². The van der Waals surface area contributed by atoms with Crippen molar-refractivity contribution in [1.82, 2.24) is 28.8 Å².